The standard InChI is InChI=1S/C23H21Cl2N3O3/c1-3-14-8-9-17(27-13(2)23(30)31)10-18(14)15-4-6-16(7-5-15)22(29)28-21-19(24)11-26-12-20(21)25/h4-13,27H,3H2,1-2H3,(H,30,31)(H,26,28,29). The normalized spacial score (nSPS) is 11.6. The van der Waals surface area contributed by atoms with Crippen molar-refractivity contribution in [3.63, 3.8) is 0 Å². The number of aromatic nitrogens is 1. The maximum atomic E-state index is 12.6. The Hall–Kier alpha value is -3.09. The molecule has 2 aromatic carbocycles. The van der Waals surface area contributed by atoms with Crippen molar-refractivity contribution in [3.05, 3.63) is 76.0 Å². The molecule has 0 radical (unpaired) electrons. The number of anilines is 2. The summed E-state index contributed by atoms with van der Waals surface area (Å²) < 4.78 is 0. The van der Waals surface area contributed by atoms with Crippen molar-refractivity contribution in [2.24, 2.45) is 0 Å². The van der Waals surface area contributed by atoms with E-state index in [1.807, 2.05) is 30.3 Å². The van der Waals surface area contributed by atoms with Crippen LogP contribution in [0.25, 0.3) is 11.1 Å². The summed E-state index contributed by atoms with van der Waals surface area (Å²) in [5, 5.41) is 15.3. The van der Waals surface area contributed by atoms with Gasteiger partial charge >= 0.3 is 5.97 Å². The summed E-state index contributed by atoms with van der Waals surface area (Å²) in [4.78, 5) is 27.6. The Balaban J connectivity index is 1.85. The zero-order valence-corrected chi connectivity index (χ0v) is 18.5. The molecule has 0 saturated carbocycles. The van der Waals surface area contributed by atoms with Crippen LogP contribution in [0, 0.1) is 0 Å². The highest BCUT2D eigenvalue weighted by molar-refractivity contribution is 6.39. The monoisotopic (exact) mass is 457 g/mol. The summed E-state index contributed by atoms with van der Waals surface area (Å²) in [6.07, 6.45) is 3.63. The molecular formula is C23H21Cl2N3O3. The molecule has 0 bridgehead atoms. The number of aryl methyl sites for hydroxylation is 1. The van der Waals surface area contributed by atoms with E-state index in [4.69, 9.17) is 28.3 Å². The third-order valence-electron chi connectivity index (χ3n) is 4.79. The average Bonchev–Trinajstić information content (AvgIpc) is 2.76. The lowest BCUT2D eigenvalue weighted by molar-refractivity contribution is -0.137. The number of aliphatic carboxylic acids is 1. The molecule has 1 atom stereocenters. The minimum atomic E-state index is -0.925. The SMILES string of the molecule is CCc1ccc(NC(C)C(=O)O)cc1-c1ccc(C(=O)Nc2c(Cl)cncc2Cl)cc1. The lowest BCUT2D eigenvalue weighted by atomic mass is 9.96. The Kier molecular flexibility index (Phi) is 7.15. The van der Waals surface area contributed by atoms with Crippen LogP contribution in [-0.4, -0.2) is 28.0 Å². The lowest BCUT2D eigenvalue weighted by Crippen LogP contribution is -2.25. The number of hydrogen-bond donors (Lipinski definition) is 3. The van der Waals surface area contributed by atoms with Crippen LogP contribution in [-0.2, 0) is 11.2 Å². The molecule has 1 amide bonds. The number of rotatable bonds is 7. The van der Waals surface area contributed by atoms with Crippen LogP contribution in [0.3, 0.4) is 0 Å². The minimum absolute atomic E-state index is 0.255. The number of benzene rings is 2. The van der Waals surface area contributed by atoms with Gasteiger partial charge in [-0.25, -0.2) is 0 Å². The number of halogens is 2. The summed E-state index contributed by atoms with van der Waals surface area (Å²) in [6.45, 7) is 3.64. The van der Waals surface area contributed by atoms with Crippen molar-refractivity contribution in [3.8, 4) is 11.1 Å². The van der Waals surface area contributed by atoms with E-state index >= 15 is 0 Å². The van der Waals surface area contributed by atoms with Gasteiger partial charge in [0, 0.05) is 23.6 Å². The fraction of sp³-hybridized carbons (Fsp3) is 0.174. The molecule has 31 heavy (non-hydrogen) atoms. The first-order valence-corrected chi connectivity index (χ1v) is 10.4. The Morgan fingerprint density at radius 3 is 2.29 bits per heavy atom. The first kappa shape index (κ1) is 22.6. The zero-order chi connectivity index (χ0) is 22.5. The molecule has 0 aliphatic heterocycles. The van der Waals surface area contributed by atoms with E-state index in [0.29, 0.717) is 16.9 Å². The topological polar surface area (TPSA) is 91.3 Å². The van der Waals surface area contributed by atoms with E-state index in [0.717, 1.165) is 23.1 Å². The molecule has 160 valence electrons. The van der Waals surface area contributed by atoms with Gasteiger partial charge in [-0.15, -0.1) is 0 Å². The zero-order valence-electron chi connectivity index (χ0n) is 16.9. The number of nitrogens with one attached hydrogen (secondary N) is 2. The summed E-state index contributed by atoms with van der Waals surface area (Å²) in [7, 11) is 0. The predicted molar refractivity (Wildman–Crippen MR) is 124 cm³/mol. The molecule has 1 unspecified atom stereocenters. The van der Waals surface area contributed by atoms with Gasteiger partial charge in [-0.2, -0.15) is 0 Å². The van der Waals surface area contributed by atoms with Gasteiger partial charge in [-0.3, -0.25) is 14.6 Å². The number of carbonyl (C=O) groups is 2. The van der Waals surface area contributed by atoms with Crippen molar-refractivity contribution in [1.29, 1.82) is 0 Å². The summed E-state index contributed by atoms with van der Waals surface area (Å²) >= 11 is 12.1. The molecule has 3 aromatic rings. The highest BCUT2D eigenvalue weighted by Crippen LogP contribution is 2.30. The minimum Gasteiger partial charge on any atom is -0.480 e. The van der Waals surface area contributed by atoms with E-state index in [9.17, 15) is 9.59 Å². The van der Waals surface area contributed by atoms with Gasteiger partial charge in [-0.05, 0) is 54.3 Å². The molecule has 6 nitrogen and oxygen atoms in total. The van der Waals surface area contributed by atoms with Gasteiger partial charge in [-0.1, -0.05) is 48.3 Å². The van der Waals surface area contributed by atoms with Crippen LogP contribution < -0.4 is 10.6 Å². The third-order valence-corrected chi connectivity index (χ3v) is 5.37. The second kappa shape index (κ2) is 9.81. The van der Waals surface area contributed by atoms with E-state index in [1.54, 1.807) is 19.1 Å². The number of hydrogen-bond acceptors (Lipinski definition) is 4. The summed E-state index contributed by atoms with van der Waals surface area (Å²) in [5.74, 6) is -1.27. The second-order valence-electron chi connectivity index (χ2n) is 6.94. The quantitative estimate of drug-likeness (QED) is 0.419. The van der Waals surface area contributed by atoms with Crippen LogP contribution in [0.2, 0.25) is 10.0 Å². The molecule has 0 spiro atoms. The molecule has 1 aromatic heterocycles. The number of nitrogens with zero attached hydrogens (tertiary/aromatic N) is 1. The Morgan fingerprint density at radius 2 is 1.71 bits per heavy atom. The predicted octanol–water partition coefficient (Wildman–Crippen LogP) is 5.76. The molecular weight excluding hydrogens is 437 g/mol. The van der Waals surface area contributed by atoms with Gasteiger partial charge < -0.3 is 15.7 Å². The van der Waals surface area contributed by atoms with E-state index in [2.05, 4.69) is 22.5 Å². The summed E-state index contributed by atoms with van der Waals surface area (Å²) in [5.41, 5.74) is 4.47. The van der Waals surface area contributed by atoms with Crippen LogP contribution in [0.1, 0.15) is 29.8 Å². The maximum Gasteiger partial charge on any atom is 0.325 e. The van der Waals surface area contributed by atoms with Gasteiger partial charge in [0.25, 0.3) is 5.91 Å². The molecule has 0 aliphatic rings. The highest BCUT2D eigenvalue weighted by Gasteiger charge is 2.14. The molecule has 1 heterocycles. The number of carboxylic acid groups (broad SMARTS) is 1. The van der Waals surface area contributed by atoms with Gasteiger partial charge in [0.15, 0.2) is 0 Å². The first-order valence-electron chi connectivity index (χ1n) is 9.63. The summed E-state index contributed by atoms with van der Waals surface area (Å²) in [6, 6.07) is 12.2. The van der Waals surface area contributed by atoms with E-state index < -0.39 is 12.0 Å². The third kappa shape index (κ3) is 5.34. The van der Waals surface area contributed by atoms with Gasteiger partial charge in [0.2, 0.25) is 0 Å². The number of carbonyl (C=O) groups excluding carboxylic acids is 1. The van der Waals surface area contributed by atoms with Crippen LogP contribution >= 0.6 is 23.2 Å². The lowest BCUT2D eigenvalue weighted by Gasteiger charge is -2.15. The first-order chi connectivity index (χ1) is 14.8. The molecule has 0 fully saturated rings. The molecule has 3 N–H and O–H groups in total. The van der Waals surface area contributed by atoms with Gasteiger partial charge in [0.05, 0.1) is 15.7 Å². The van der Waals surface area contributed by atoms with Crippen LogP contribution in [0.15, 0.2) is 54.9 Å². The van der Waals surface area contributed by atoms with Crippen molar-refractivity contribution in [1.82, 2.24) is 4.98 Å². The Morgan fingerprint density at radius 1 is 1.06 bits per heavy atom. The van der Waals surface area contributed by atoms with Crippen molar-refractivity contribution in [2.45, 2.75) is 26.3 Å². The van der Waals surface area contributed by atoms with Crippen molar-refractivity contribution < 1.29 is 14.7 Å². The van der Waals surface area contributed by atoms with Gasteiger partial charge in [0.1, 0.15) is 6.04 Å². The number of carboxylic acids is 1. The van der Waals surface area contributed by atoms with Crippen LogP contribution in [0.4, 0.5) is 11.4 Å². The second-order valence-corrected chi connectivity index (χ2v) is 7.75. The average molecular weight is 458 g/mol. The van der Waals surface area contributed by atoms with Crippen molar-refractivity contribution in [2.75, 3.05) is 10.6 Å². The Bertz CT molecular complexity index is 1100. The molecule has 0 aliphatic carbocycles. The van der Waals surface area contributed by atoms with E-state index in [-0.39, 0.29) is 16.0 Å². The fourth-order valence-electron chi connectivity index (χ4n) is 3.07. The molecule has 8 heteroatoms. The number of pyridine rings is 1. The highest BCUT2D eigenvalue weighted by atomic mass is 35.5. The van der Waals surface area contributed by atoms with Crippen molar-refractivity contribution >= 4 is 46.5 Å². The van der Waals surface area contributed by atoms with E-state index in [1.165, 1.54) is 12.4 Å². The van der Waals surface area contributed by atoms with Crippen LogP contribution in [0.5, 0.6) is 0 Å². The number of amides is 1. The molecule has 0 saturated heterocycles. The smallest absolute Gasteiger partial charge is 0.325 e. The fourth-order valence-corrected chi connectivity index (χ4v) is 3.53. The largest absolute Gasteiger partial charge is 0.480 e. The maximum absolute atomic E-state index is 12.6. The Labute approximate surface area is 190 Å². The molecule has 3 rings (SSSR count).